The maximum absolute atomic E-state index is 5.22. The molecule has 1 N–H and O–H groups in total. The number of halogens is 1. The molecular weight excluding hydrogens is 336 g/mol. The Kier molecular flexibility index (Phi) is 6.43. The van der Waals surface area contributed by atoms with Crippen molar-refractivity contribution in [3.05, 3.63) is 17.5 Å². The molecule has 23 heavy (non-hydrogen) atoms. The first-order valence-electron chi connectivity index (χ1n) is 7.70. The molecule has 1 fully saturated rings. The average molecular weight is 359 g/mol. The van der Waals surface area contributed by atoms with Crippen LogP contribution in [0.2, 0.25) is 0 Å². The van der Waals surface area contributed by atoms with Crippen LogP contribution in [0.4, 0.5) is 0 Å². The number of hydrogen-bond acceptors (Lipinski definition) is 7. The summed E-state index contributed by atoms with van der Waals surface area (Å²) >= 11 is 1.60. The molecule has 2 aromatic rings. The van der Waals surface area contributed by atoms with Gasteiger partial charge in [0.1, 0.15) is 5.82 Å². The van der Waals surface area contributed by atoms with Crippen molar-refractivity contribution in [3.63, 3.8) is 0 Å². The number of rotatable bonds is 5. The van der Waals surface area contributed by atoms with Crippen LogP contribution < -0.4 is 5.32 Å². The van der Waals surface area contributed by atoms with Gasteiger partial charge in [0.2, 0.25) is 5.89 Å². The predicted molar refractivity (Wildman–Crippen MR) is 91.0 cm³/mol. The minimum absolute atomic E-state index is 0. The molecular formula is C14H23ClN6OS. The van der Waals surface area contributed by atoms with E-state index in [9.17, 15) is 0 Å². The van der Waals surface area contributed by atoms with Gasteiger partial charge in [-0.3, -0.25) is 0 Å². The second kappa shape index (κ2) is 8.12. The second-order valence-electron chi connectivity index (χ2n) is 5.92. The normalized spacial score (nSPS) is 15.8. The van der Waals surface area contributed by atoms with E-state index in [1.165, 1.54) is 0 Å². The lowest BCUT2D eigenvalue weighted by atomic mass is 9.97. The maximum Gasteiger partial charge on any atom is 0.229 e. The van der Waals surface area contributed by atoms with Gasteiger partial charge in [-0.15, -0.1) is 22.6 Å². The summed E-state index contributed by atoms with van der Waals surface area (Å²) in [4.78, 5) is 4.39. The van der Waals surface area contributed by atoms with Gasteiger partial charge < -0.3 is 14.4 Å². The molecule has 3 rings (SSSR count). The molecule has 0 saturated carbocycles. The fourth-order valence-electron chi connectivity index (χ4n) is 2.58. The Bertz CT molecular complexity index is 623. The minimum Gasteiger partial charge on any atom is -0.339 e. The van der Waals surface area contributed by atoms with E-state index >= 15 is 0 Å². The highest BCUT2D eigenvalue weighted by atomic mass is 35.5. The van der Waals surface area contributed by atoms with Gasteiger partial charge in [-0.2, -0.15) is 4.98 Å². The zero-order valence-electron chi connectivity index (χ0n) is 13.7. The average Bonchev–Trinajstić information content (AvgIpc) is 3.13. The van der Waals surface area contributed by atoms with Crippen LogP contribution in [0.25, 0.3) is 0 Å². The maximum atomic E-state index is 5.22. The third-order valence-corrected chi connectivity index (χ3v) is 4.90. The van der Waals surface area contributed by atoms with Crippen molar-refractivity contribution in [1.82, 2.24) is 30.2 Å². The van der Waals surface area contributed by atoms with Crippen molar-refractivity contribution in [2.45, 2.75) is 49.4 Å². The third-order valence-electron chi connectivity index (χ3n) is 3.88. The smallest absolute Gasteiger partial charge is 0.229 e. The molecule has 0 atom stereocenters. The van der Waals surface area contributed by atoms with E-state index in [0.29, 0.717) is 23.4 Å². The summed E-state index contributed by atoms with van der Waals surface area (Å²) in [6.07, 6.45) is 2.25. The first kappa shape index (κ1) is 18.2. The van der Waals surface area contributed by atoms with E-state index in [1.54, 1.807) is 11.8 Å². The van der Waals surface area contributed by atoms with Crippen molar-refractivity contribution < 1.29 is 4.52 Å². The number of aromatic nitrogens is 5. The number of nitrogens with zero attached hydrogens (tertiary/aromatic N) is 5. The van der Waals surface area contributed by atoms with Crippen molar-refractivity contribution in [2.24, 2.45) is 7.05 Å². The Morgan fingerprint density at radius 3 is 2.70 bits per heavy atom. The molecule has 7 nitrogen and oxygen atoms in total. The molecule has 0 aromatic carbocycles. The summed E-state index contributed by atoms with van der Waals surface area (Å²) in [6, 6.07) is 0. The molecule has 2 aromatic heterocycles. The summed E-state index contributed by atoms with van der Waals surface area (Å²) in [7, 11) is 2.04. The highest BCUT2D eigenvalue weighted by Crippen LogP contribution is 2.27. The molecule has 0 unspecified atom stereocenters. The molecule has 1 aliphatic heterocycles. The Morgan fingerprint density at radius 2 is 2.04 bits per heavy atom. The van der Waals surface area contributed by atoms with Gasteiger partial charge in [0.05, 0.1) is 5.75 Å². The first-order valence-corrected chi connectivity index (χ1v) is 8.69. The molecule has 0 bridgehead atoms. The van der Waals surface area contributed by atoms with Crippen LogP contribution in [0.1, 0.15) is 56.1 Å². The Balaban J connectivity index is 0.00000192. The van der Waals surface area contributed by atoms with Crippen molar-refractivity contribution in [2.75, 3.05) is 13.1 Å². The molecule has 128 valence electrons. The molecule has 0 radical (unpaired) electrons. The van der Waals surface area contributed by atoms with E-state index < -0.39 is 0 Å². The summed E-state index contributed by atoms with van der Waals surface area (Å²) < 4.78 is 7.32. The Morgan fingerprint density at radius 1 is 1.30 bits per heavy atom. The van der Waals surface area contributed by atoms with Gasteiger partial charge >= 0.3 is 0 Å². The van der Waals surface area contributed by atoms with Crippen LogP contribution in [0.5, 0.6) is 0 Å². The van der Waals surface area contributed by atoms with Crippen LogP contribution in [-0.4, -0.2) is 38.0 Å². The number of thioether (sulfide) groups is 1. The van der Waals surface area contributed by atoms with Gasteiger partial charge in [-0.1, -0.05) is 30.8 Å². The Hall–Kier alpha value is -1.12. The minimum atomic E-state index is 0. The third kappa shape index (κ3) is 4.24. The lowest BCUT2D eigenvalue weighted by Gasteiger charge is -2.21. The fraction of sp³-hybridized carbons (Fsp3) is 0.714. The van der Waals surface area contributed by atoms with Gasteiger partial charge in [0.25, 0.3) is 0 Å². The largest absolute Gasteiger partial charge is 0.339 e. The topological polar surface area (TPSA) is 81.7 Å². The van der Waals surface area contributed by atoms with Crippen LogP contribution in [0.3, 0.4) is 0 Å². The van der Waals surface area contributed by atoms with Crippen molar-refractivity contribution >= 4 is 24.2 Å². The molecule has 9 heteroatoms. The number of nitrogens with one attached hydrogen (secondary N) is 1. The molecule has 0 amide bonds. The first-order chi connectivity index (χ1) is 10.6. The molecule has 0 aliphatic carbocycles. The lowest BCUT2D eigenvalue weighted by Crippen LogP contribution is -2.27. The summed E-state index contributed by atoms with van der Waals surface area (Å²) in [5.41, 5.74) is 0. The molecule has 1 aliphatic rings. The zero-order chi connectivity index (χ0) is 15.5. The summed E-state index contributed by atoms with van der Waals surface area (Å²) in [6.45, 7) is 6.19. The van der Waals surface area contributed by atoms with E-state index in [-0.39, 0.29) is 18.3 Å². The quantitative estimate of drug-likeness (QED) is 0.822. The van der Waals surface area contributed by atoms with Crippen LogP contribution in [0.15, 0.2) is 9.68 Å². The van der Waals surface area contributed by atoms with Crippen molar-refractivity contribution in [1.29, 1.82) is 0 Å². The van der Waals surface area contributed by atoms with E-state index in [1.807, 2.05) is 20.9 Å². The lowest BCUT2D eigenvalue weighted by molar-refractivity contribution is 0.362. The molecule has 0 spiro atoms. The SMILES string of the molecule is CC(C)c1nc(CSc2nnc(C3CCNCC3)n2C)no1.Cl. The van der Waals surface area contributed by atoms with Crippen molar-refractivity contribution in [3.8, 4) is 0 Å². The standard InChI is InChI=1S/C14H22N6OS.ClH/c1-9(2)13-16-11(19-21-13)8-22-14-18-17-12(20(14)3)10-4-6-15-7-5-10;/h9-10,15H,4-8H2,1-3H3;1H. The monoisotopic (exact) mass is 358 g/mol. The van der Waals surface area contributed by atoms with Crippen LogP contribution in [-0.2, 0) is 12.8 Å². The highest BCUT2D eigenvalue weighted by Gasteiger charge is 2.22. The van der Waals surface area contributed by atoms with E-state index in [0.717, 1.165) is 36.9 Å². The predicted octanol–water partition coefficient (Wildman–Crippen LogP) is 2.50. The van der Waals surface area contributed by atoms with Gasteiger partial charge in [-0.25, -0.2) is 0 Å². The van der Waals surface area contributed by atoms with Crippen LogP contribution >= 0.6 is 24.2 Å². The summed E-state index contributed by atoms with van der Waals surface area (Å²) in [5.74, 6) is 3.89. The highest BCUT2D eigenvalue weighted by molar-refractivity contribution is 7.98. The van der Waals surface area contributed by atoms with Gasteiger partial charge in [0.15, 0.2) is 11.0 Å². The van der Waals surface area contributed by atoms with Gasteiger partial charge in [-0.05, 0) is 25.9 Å². The number of piperidine rings is 1. The van der Waals surface area contributed by atoms with Gasteiger partial charge in [0, 0.05) is 18.9 Å². The van der Waals surface area contributed by atoms with Crippen LogP contribution in [0, 0.1) is 0 Å². The second-order valence-corrected chi connectivity index (χ2v) is 6.86. The summed E-state index contributed by atoms with van der Waals surface area (Å²) in [5, 5.41) is 17.0. The van der Waals surface area contributed by atoms with E-state index in [4.69, 9.17) is 4.52 Å². The van der Waals surface area contributed by atoms with E-state index in [2.05, 4.69) is 30.2 Å². The Labute approximate surface area is 146 Å². The molecule has 1 saturated heterocycles. The molecule has 3 heterocycles. The fourth-order valence-corrected chi connectivity index (χ4v) is 3.34. The zero-order valence-corrected chi connectivity index (χ0v) is 15.3. The number of hydrogen-bond donors (Lipinski definition) is 1.